The molecule has 0 bridgehead atoms. The predicted octanol–water partition coefficient (Wildman–Crippen LogP) is 3.64. The molecule has 19 heavy (non-hydrogen) atoms. The number of benzene rings is 1. The van der Waals surface area contributed by atoms with E-state index in [0.717, 1.165) is 22.0 Å². The molecule has 3 rings (SSSR count). The van der Waals surface area contributed by atoms with Crippen LogP contribution in [0.4, 0.5) is 0 Å². The average molecular weight is 270 g/mol. The van der Waals surface area contributed by atoms with Crippen LogP contribution >= 0.6 is 11.8 Å². The molecule has 4 heteroatoms. The lowest BCUT2D eigenvalue weighted by Gasteiger charge is -1.99. The minimum Gasteiger partial charge on any atom is -0.508 e. The first-order chi connectivity index (χ1) is 9.20. The highest BCUT2D eigenvalue weighted by Gasteiger charge is 2.03. The zero-order valence-electron chi connectivity index (χ0n) is 10.6. The van der Waals surface area contributed by atoms with Gasteiger partial charge in [0.25, 0.3) is 0 Å². The molecule has 0 radical (unpaired) electrons. The first kappa shape index (κ1) is 12.1. The highest BCUT2D eigenvalue weighted by Crippen LogP contribution is 2.25. The van der Waals surface area contributed by atoms with E-state index in [1.54, 1.807) is 23.9 Å². The Labute approximate surface area is 115 Å². The van der Waals surface area contributed by atoms with Gasteiger partial charge < -0.3 is 9.51 Å². The van der Waals surface area contributed by atoms with Gasteiger partial charge in [-0.25, -0.2) is 4.98 Å². The summed E-state index contributed by atoms with van der Waals surface area (Å²) in [6, 6.07) is 11.4. The lowest BCUT2D eigenvalue weighted by molar-refractivity contribution is 0.474. The fourth-order valence-electron chi connectivity index (χ4n) is 1.96. The van der Waals surface area contributed by atoms with Crippen LogP contribution in [-0.4, -0.2) is 14.5 Å². The standard InChI is InChI=1S/C15H14N2OS/c1-11-5-6-15-16-12(9-17(15)8-11)10-19-14-4-2-3-13(18)7-14/h2-9,18H,10H2,1H3. The van der Waals surface area contributed by atoms with E-state index in [1.807, 2.05) is 22.6 Å². The van der Waals surface area contributed by atoms with Gasteiger partial charge in [0.15, 0.2) is 0 Å². The first-order valence-electron chi connectivity index (χ1n) is 6.07. The molecule has 0 amide bonds. The van der Waals surface area contributed by atoms with Crippen molar-refractivity contribution in [1.29, 1.82) is 0 Å². The van der Waals surface area contributed by atoms with E-state index < -0.39 is 0 Å². The summed E-state index contributed by atoms with van der Waals surface area (Å²) in [5, 5.41) is 9.42. The third-order valence-corrected chi connectivity index (χ3v) is 3.88. The largest absolute Gasteiger partial charge is 0.508 e. The SMILES string of the molecule is Cc1ccc2nc(CSc3cccc(O)c3)cn2c1. The van der Waals surface area contributed by atoms with Gasteiger partial charge in [0.1, 0.15) is 11.4 Å². The molecule has 2 aromatic heterocycles. The van der Waals surface area contributed by atoms with E-state index in [-0.39, 0.29) is 0 Å². The van der Waals surface area contributed by atoms with E-state index in [4.69, 9.17) is 0 Å². The van der Waals surface area contributed by atoms with E-state index in [1.165, 1.54) is 5.56 Å². The second-order valence-electron chi connectivity index (χ2n) is 4.49. The minimum atomic E-state index is 0.302. The number of aryl methyl sites for hydroxylation is 1. The summed E-state index contributed by atoms with van der Waals surface area (Å²) in [4.78, 5) is 5.62. The van der Waals surface area contributed by atoms with Crippen LogP contribution < -0.4 is 0 Å². The van der Waals surface area contributed by atoms with Gasteiger partial charge in [0.05, 0.1) is 5.69 Å². The second kappa shape index (κ2) is 4.97. The van der Waals surface area contributed by atoms with Crippen LogP contribution in [0, 0.1) is 6.92 Å². The molecular weight excluding hydrogens is 256 g/mol. The summed E-state index contributed by atoms with van der Waals surface area (Å²) in [6.07, 6.45) is 4.13. The predicted molar refractivity (Wildman–Crippen MR) is 77.6 cm³/mol. The number of pyridine rings is 1. The lowest BCUT2D eigenvalue weighted by Crippen LogP contribution is -1.82. The Morgan fingerprint density at radius 3 is 2.95 bits per heavy atom. The topological polar surface area (TPSA) is 37.5 Å². The van der Waals surface area contributed by atoms with Gasteiger partial charge in [-0.15, -0.1) is 11.8 Å². The molecule has 0 spiro atoms. The van der Waals surface area contributed by atoms with Crippen LogP contribution in [0.3, 0.4) is 0 Å². The van der Waals surface area contributed by atoms with Gasteiger partial charge >= 0.3 is 0 Å². The number of imidazole rings is 1. The molecule has 96 valence electrons. The average Bonchev–Trinajstić information content (AvgIpc) is 2.78. The fraction of sp³-hybridized carbons (Fsp3) is 0.133. The number of phenols is 1. The second-order valence-corrected chi connectivity index (χ2v) is 5.54. The lowest BCUT2D eigenvalue weighted by atomic mass is 10.3. The monoisotopic (exact) mass is 270 g/mol. The highest BCUT2D eigenvalue weighted by atomic mass is 32.2. The molecule has 1 N–H and O–H groups in total. The number of aromatic nitrogens is 2. The Bertz CT molecular complexity index is 721. The zero-order chi connectivity index (χ0) is 13.2. The molecule has 0 saturated heterocycles. The van der Waals surface area contributed by atoms with Crippen molar-refractivity contribution in [3.63, 3.8) is 0 Å². The molecule has 0 aliphatic heterocycles. The molecule has 0 fully saturated rings. The zero-order valence-corrected chi connectivity index (χ0v) is 11.4. The quantitative estimate of drug-likeness (QED) is 0.738. The number of aromatic hydroxyl groups is 1. The Balaban J connectivity index is 1.78. The molecular formula is C15H14N2OS. The van der Waals surface area contributed by atoms with Crippen molar-refractivity contribution >= 4 is 17.4 Å². The van der Waals surface area contributed by atoms with Gasteiger partial charge in [0, 0.05) is 23.0 Å². The molecule has 3 nitrogen and oxygen atoms in total. The van der Waals surface area contributed by atoms with Crippen molar-refractivity contribution in [2.24, 2.45) is 0 Å². The smallest absolute Gasteiger partial charge is 0.137 e. The summed E-state index contributed by atoms with van der Waals surface area (Å²) in [6.45, 7) is 2.07. The number of nitrogens with zero attached hydrogens (tertiary/aromatic N) is 2. The number of fused-ring (bicyclic) bond motifs is 1. The van der Waals surface area contributed by atoms with Gasteiger partial charge in [0.2, 0.25) is 0 Å². The summed E-state index contributed by atoms with van der Waals surface area (Å²) in [5.74, 6) is 1.10. The maximum atomic E-state index is 9.42. The first-order valence-corrected chi connectivity index (χ1v) is 7.05. The van der Waals surface area contributed by atoms with Crippen LogP contribution in [0.5, 0.6) is 5.75 Å². The molecule has 0 atom stereocenters. The van der Waals surface area contributed by atoms with Gasteiger partial charge in [-0.05, 0) is 36.8 Å². The summed E-state index contributed by atoms with van der Waals surface area (Å²) < 4.78 is 2.05. The van der Waals surface area contributed by atoms with Crippen molar-refractivity contribution in [3.05, 3.63) is 60.0 Å². The third-order valence-electron chi connectivity index (χ3n) is 2.85. The maximum absolute atomic E-state index is 9.42. The van der Waals surface area contributed by atoms with E-state index in [2.05, 4.69) is 30.4 Å². The van der Waals surface area contributed by atoms with Crippen LogP contribution in [0.1, 0.15) is 11.3 Å². The van der Waals surface area contributed by atoms with Crippen molar-refractivity contribution in [2.45, 2.75) is 17.6 Å². The number of hydrogen-bond donors (Lipinski definition) is 1. The van der Waals surface area contributed by atoms with Crippen molar-refractivity contribution < 1.29 is 5.11 Å². The van der Waals surface area contributed by atoms with E-state index in [9.17, 15) is 5.11 Å². The summed E-state index contributed by atoms with van der Waals surface area (Å²) in [5.41, 5.74) is 3.23. The van der Waals surface area contributed by atoms with Crippen LogP contribution in [0.15, 0.2) is 53.7 Å². The summed E-state index contributed by atoms with van der Waals surface area (Å²) in [7, 11) is 0. The van der Waals surface area contributed by atoms with Crippen LogP contribution in [0.2, 0.25) is 0 Å². The Morgan fingerprint density at radius 2 is 2.11 bits per heavy atom. The number of rotatable bonds is 3. The molecule has 0 aliphatic rings. The van der Waals surface area contributed by atoms with Gasteiger partial charge in [-0.3, -0.25) is 0 Å². The maximum Gasteiger partial charge on any atom is 0.137 e. The molecule has 0 aliphatic carbocycles. The Morgan fingerprint density at radius 1 is 1.21 bits per heavy atom. The van der Waals surface area contributed by atoms with Crippen molar-refractivity contribution in [2.75, 3.05) is 0 Å². The normalized spacial score (nSPS) is 11.0. The Hall–Kier alpha value is -1.94. The van der Waals surface area contributed by atoms with E-state index >= 15 is 0 Å². The molecule has 0 saturated carbocycles. The molecule has 2 heterocycles. The number of phenolic OH excluding ortho intramolecular Hbond substituents is 1. The van der Waals surface area contributed by atoms with E-state index in [0.29, 0.717) is 5.75 Å². The van der Waals surface area contributed by atoms with Crippen LogP contribution in [-0.2, 0) is 5.75 Å². The summed E-state index contributed by atoms with van der Waals surface area (Å²) >= 11 is 1.67. The Kier molecular flexibility index (Phi) is 3.17. The third kappa shape index (κ3) is 2.74. The molecule has 1 aromatic carbocycles. The number of hydrogen-bond acceptors (Lipinski definition) is 3. The van der Waals surface area contributed by atoms with Gasteiger partial charge in [-0.2, -0.15) is 0 Å². The highest BCUT2D eigenvalue weighted by molar-refractivity contribution is 7.98. The fourth-order valence-corrected chi connectivity index (χ4v) is 2.79. The molecule has 0 unspecified atom stereocenters. The minimum absolute atomic E-state index is 0.302. The van der Waals surface area contributed by atoms with Crippen molar-refractivity contribution in [1.82, 2.24) is 9.38 Å². The molecule has 3 aromatic rings. The van der Waals surface area contributed by atoms with Gasteiger partial charge in [-0.1, -0.05) is 12.1 Å². The van der Waals surface area contributed by atoms with Crippen LogP contribution in [0.25, 0.3) is 5.65 Å². The van der Waals surface area contributed by atoms with Crippen molar-refractivity contribution in [3.8, 4) is 5.75 Å². The number of thioether (sulfide) groups is 1.